The molecule has 0 bridgehead atoms. The van der Waals surface area contributed by atoms with Crippen molar-refractivity contribution in [3.05, 3.63) is 82.9 Å². The van der Waals surface area contributed by atoms with Gasteiger partial charge in [0.05, 0.1) is 0 Å². The number of amides is 1. The van der Waals surface area contributed by atoms with Crippen LogP contribution in [0.15, 0.2) is 60.7 Å². The number of hydrogen-bond donors (Lipinski definition) is 0. The highest BCUT2D eigenvalue weighted by Crippen LogP contribution is 2.25. The first-order valence-corrected chi connectivity index (χ1v) is 13.2. The molecule has 0 saturated carbocycles. The number of carbonyl (C=O) groups is 2. The summed E-state index contributed by atoms with van der Waals surface area (Å²) in [5, 5.41) is 2.59. The van der Waals surface area contributed by atoms with E-state index in [-0.39, 0.29) is 24.1 Å². The molecular formula is C31H37ClN2O2. The lowest BCUT2D eigenvalue weighted by Gasteiger charge is -2.31. The van der Waals surface area contributed by atoms with E-state index in [0.717, 1.165) is 70.4 Å². The zero-order chi connectivity index (χ0) is 24.2. The van der Waals surface area contributed by atoms with Crippen molar-refractivity contribution >= 4 is 34.9 Å². The van der Waals surface area contributed by atoms with Gasteiger partial charge in [0.2, 0.25) is 5.91 Å². The second-order valence-corrected chi connectivity index (χ2v) is 10.4. The maximum atomic E-state index is 13.0. The van der Waals surface area contributed by atoms with Crippen LogP contribution in [0.25, 0.3) is 10.8 Å². The molecule has 0 atom stereocenters. The normalized spacial score (nSPS) is 16.8. The Bertz CT molecular complexity index is 1220. The number of fused-ring (bicyclic) bond motifs is 2. The monoisotopic (exact) mass is 504 g/mol. The topological polar surface area (TPSA) is 40.6 Å². The molecular weight excluding hydrogens is 468 g/mol. The van der Waals surface area contributed by atoms with Gasteiger partial charge in [0.25, 0.3) is 0 Å². The van der Waals surface area contributed by atoms with Gasteiger partial charge in [0.15, 0.2) is 5.78 Å². The summed E-state index contributed by atoms with van der Waals surface area (Å²) < 4.78 is 0. The van der Waals surface area contributed by atoms with Crippen LogP contribution in [0, 0.1) is 5.92 Å². The number of likely N-dealkylation sites (tertiary alicyclic amines) is 1. The van der Waals surface area contributed by atoms with Crippen molar-refractivity contribution in [1.82, 2.24) is 9.80 Å². The molecule has 0 N–H and O–H groups in total. The van der Waals surface area contributed by atoms with Crippen molar-refractivity contribution in [1.29, 1.82) is 0 Å². The largest absolute Gasteiger partial charge is 0.343 e. The summed E-state index contributed by atoms with van der Waals surface area (Å²) in [6.07, 6.45) is 5.60. The number of ketones is 1. The van der Waals surface area contributed by atoms with Crippen LogP contribution in [0.3, 0.4) is 0 Å². The van der Waals surface area contributed by atoms with E-state index in [4.69, 9.17) is 0 Å². The molecule has 2 aliphatic rings. The van der Waals surface area contributed by atoms with Gasteiger partial charge in [0, 0.05) is 51.6 Å². The molecule has 0 unspecified atom stereocenters. The Labute approximate surface area is 221 Å². The van der Waals surface area contributed by atoms with Gasteiger partial charge in [-0.05, 0) is 77.6 Å². The van der Waals surface area contributed by atoms with Crippen LogP contribution in [0.1, 0.15) is 59.7 Å². The number of hydrogen-bond acceptors (Lipinski definition) is 3. The molecule has 1 amide bonds. The summed E-state index contributed by atoms with van der Waals surface area (Å²) in [5.74, 6) is 0.985. The Hall–Kier alpha value is -2.69. The Morgan fingerprint density at radius 3 is 2.31 bits per heavy atom. The summed E-state index contributed by atoms with van der Waals surface area (Å²) in [6.45, 7) is 6.35. The van der Waals surface area contributed by atoms with E-state index in [9.17, 15) is 9.59 Å². The predicted molar refractivity (Wildman–Crippen MR) is 149 cm³/mol. The van der Waals surface area contributed by atoms with E-state index in [0.29, 0.717) is 12.3 Å². The summed E-state index contributed by atoms with van der Waals surface area (Å²) in [7, 11) is 0. The Kier molecular flexibility index (Phi) is 8.81. The SMILES string of the molecule is CC(=O)N1CCC(CCC(=O)c2ccc3c(c2)CCN(Cc2ccc4ccccc4c2)CC3)CC1.Cl. The number of rotatable bonds is 6. The zero-order valence-corrected chi connectivity index (χ0v) is 22.1. The molecule has 5 heteroatoms. The van der Waals surface area contributed by atoms with E-state index in [1.807, 2.05) is 11.0 Å². The smallest absolute Gasteiger partial charge is 0.219 e. The highest BCUT2D eigenvalue weighted by Gasteiger charge is 2.22. The van der Waals surface area contributed by atoms with E-state index < -0.39 is 0 Å². The number of carbonyl (C=O) groups excluding carboxylic acids is 2. The van der Waals surface area contributed by atoms with Gasteiger partial charge in [-0.2, -0.15) is 0 Å². The molecule has 3 aromatic rings. The third-order valence-electron chi connectivity index (χ3n) is 7.98. The van der Waals surface area contributed by atoms with Crippen molar-refractivity contribution in [2.45, 2.75) is 52.0 Å². The number of piperidine rings is 1. The standard InChI is InChI=1S/C31H36N2O2.ClH/c1-23(34)33-18-12-24(13-19-33)7-11-31(35)30-10-9-27-14-16-32(17-15-29(27)21-30)22-25-6-8-26-4-2-3-5-28(26)20-25;/h2-6,8-10,20-21,24H,7,11-19,22H2,1H3;1H. The fraction of sp³-hybridized carbons (Fsp3) is 0.419. The molecule has 2 heterocycles. The second-order valence-electron chi connectivity index (χ2n) is 10.4. The highest BCUT2D eigenvalue weighted by molar-refractivity contribution is 5.96. The molecule has 2 aliphatic heterocycles. The summed E-state index contributed by atoms with van der Waals surface area (Å²) in [5.41, 5.74) is 4.96. The van der Waals surface area contributed by atoms with E-state index in [2.05, 4.69) is 59.5 Å². The van der Waals surface area contributed by atoms with E-state index >= 15 is 0 Å². The van der Waals surface area contributed by atoms with Gasteiger partial charge in [-0.3, -0.25) is 14.5 Å². The highest BCUT2D eigenvalue weighted by atomic mass is 35.5. The molecule has 0 aromatic heterocycles. The number of Topliss-reactive ketones (excluding diaryl/α,β-unsaturated/α-hetero) is 1. The van der Waals surface area contributed by atoms with Crippen LogP contribution >= 0.6 is 12.4 Å². The number of nitrogens with zero attached hydrogens (tertiary/aromatic N) is 2. The van der Waals surface area contributed by atoms with Crippen LogP contribution in [0.2, 0.25) is 0 Å². The van der Waals surface area contributed by atoms with Crippen molar-refractivity contribution in [2.24, 2.45) is 5.92 Å². The molecule has 0 radical (unpaired) electrons. The summed E-state index contributed by atoms with van der Waals surface area (Å²) >= 11 is 0. The minimum atomic E-state index is 0. The van der Waals surface area contributed by atoms with Crippen molar-refractivity contribution in [3.8, 4) is 0 Å². The van der Waals surface area contributed by atoms with Crippen LogP contribution in [0.5, 0.6) is 0 Å². The minimum absolute atomic E-state index is 0. The van der Waals surface area contributed by atoms with Crippen LogP contribution < -0.4 is 0 Å². The van der Waals surface area contributed by atoms with Gasteiger partial charge >= 0.3 is 0 Å². The molecule has 3 aromatic carbocycles. The van der Waals surface area contributed by atoms with Crippen LogP contribution in [-0.4, -0.2) is 47.7 Å². The van der Waals surface area contributed by atoms with Gasteiger partial charge in [-0.25, -0.2) is 0 Å². The first kappa shape index (κ1) is 26.4. The molecule has 1 fully saturated rings. The lowest BCUT2D eigenvalue weighted by molar-refractivity contribution is -0.130. The fourth-order valence-electron chi connectivity index (χ4n) is 5.71. The molecule has 0 aliphatic carbocycles. The Morgan fingerprint density at radius 1 is 0.833 bits per heavy atom. The predicted octanol–water partition coefficient (Wildman–Crippen LogP) is 6.08. The lowest BCUT2D eigenvalue weighted by atomic mass is 9.89. The van der Waals surface area contributed by atoms with Gasteiger partial charge in [-0.15, -0.1) is 12.4 Å². The molecule has 1 saturated heterocycles. The molecule has 4 nitrogen and oxygen atoms in total. The average Bonchev–Trinajstić information content (AvgIpc) is 3.09. The van der Waals surface area contributed by atoms with Crippen molar-refractivity contribution in [2.75, 3.05) is 26.2 Å². The fourth-order valence-corrected chi connectivity index (χ4v) is 5.71. The molecule has 190 valence electrons. The average molecular weight is 505 g/mol. The quantitative estimate of drug-likeness (QED) is 0.382. The van der Waals surface area contributed by atoms with Crippen LogP contribution in [0.4, 0.5) is 0 Å². The van der Waals surface area contributed by atoms with Gasteiger partial charge in [0.1, 0.15) is 0 Å². The van der Waals surface area contributed by atoms with Crippen molar-refractivity contribution < 1.29 is 9.59 Å². The third-order valence-corrected chi connectivity index (χ3v) is 7.98. The van der Waals surface area contributed by atoms with Crippen molar-refractivity contribution in [3.63, 3.8) is 0 Å². The summed E-state index contributed by atoms with van der Waals surface area (Å²) in [6, 6.07) is 21.7. The summed E-state index contributed by atoms with van der Waals surface area (Å²) in [4.78, 5) is 29.0. The lowest BCUT2D eigenvalue weighted by Crippen LogP contribution is -2.37. The Morgan fingerprint density at radius 2 is 1.56 bits per heavy atom. The maximum absolute atomic E-state index is 13.0. The molecule has 0 spiro atoms. The van der Waals surface area contributed by atoms with E-state index in [1.165, 1.54) is 27.5 Å². The van der Waals surface area contributed by atoms with Gasteiger partial charge in [-0.1, -0.05) is 48.5 Å². The molecule has 36 heavy (non-hydrogen) atoms. The Balaban J connectivity index is 0.00000304. The second kappa shape index (κ2) is 12.0. The first-order chi connectivity index (χ1) is 17.0. The number of benzene rings is 3. The first-order valence-electron chi connectivity index (χ1n) is 13.2. The minimum Gasteiger partial charge on any atom is -0.343 e. The third kappa shape index (κ3) is 6.35. The number of halogens is 1. The molecule has 5 rings (SSSR count). The maximum Gasteiger partial charge on any atom is 0.219 e. The van der Waals surface area contributed by atoms with Gasteiger partial charge < -0.3 is 4.90 Å². The van der Waals surface area contributed by atoms with Crippen LogP contribution in [-0.2, 0) is 24.2 Å². The zero-order valence-electron chi connectivity index (χ0n) is 21.2. The van der Waals surface area contributed by atoms with E-state index in [1.54, 1.807) is 6.92 Å².